The number of quaternary nitrogens is 1. The maximum absolute atomic E-state index is 2.39. The number of allylic oxidation sites excluding steroid dienone is 3. The van der Waals surface area contributed by atoms with Crippen molar-refractivity contribution in [3.63, 3.8) is 0 Å². The highest BCUT2D eigenvalue weighted by Gasteiger charge is 2.30. The molecule has 1 unspecified atom stereocenters. The van der Waals surface area contributed by atoms with Gasteiger partial charge < -0.3 is 12.4 Å². The van der Waals surface area contributed by atoms with Crippen LogP contribution in [0, 0.1) is 0 Å². The van der Waals surface area contributed by atoms with Crippen molar-refractivity contribution in [1.29, 1.82) is 0 Å². The van der Waals surface area contributed by atoms with Gasteiger partial charge in [-0.2, -0.15) is 0 Å². The molecule has 0 aromatic carbocycles. The Morgan fingerprint density at radius 2 is 1.75 bits per heavy atom. The van der Waals surface area contributed by atoms with Gasteiger partial charge in [0.05, 0.1) is 13.1 Å². The molecule has 0 aromatic heterocycles. The van der Waals surface area contributed by atoms with Crippen LogP contribution in [0.5, 0.6) is 0 Å². The van der Waals surface area contributed by atoms with Gasteiger partial charge in [-0.25, -0.2) is 0 Å². The van der Waals surface area contributed by atoms with Gasteiger partial charge in [0.2, 0.25) is 0 Å². The van der Waals surface area contributed by atoms with Crippen LogP contribution >= 0.6 is 0 Å². The Morgan fingerprint density at radius 3 is 2.31 bits per heavy atom. The molecule has 94 valence electrons. The first-order chi connectivity index (χ1) is 7.29. The average molecular weight is 244 g/mol. The van der Waals surface area contributed by atoms with Crippen LogP contribution in [0.4, 0.5) is 0 Å². The molecule has 1 heterocycles. The normalized spacial score (nSPS) is 23.1. The second-order valence-electron chi connectivity index (χ2n) is 4.53. The summed E-state index contributed by atoms with van der Waals surface area (Å²) in [6.07, 6.45) is 13.5. The molecule has 1 aliphatic heterocycles. The lowest BCUT2D eigenvalue weighted by Gasteiger charge is -2.33. The molecule has 0 aromatic rings. The van der Waals surface area contributed by atoms with Crippen molar-refractivity contribution in [1.82, 2.24) is 0 Å². The first kappa shape index (κ1) is 15.7. The van der Waals surface area contributed by atoms with Crippen LogP contribution in [0.15, 0.2) is 24.0 Å². The summed E-state index contributed by atoms with van der Waals surface area (Å²) in [4.78, 5) is 0. The molecular formula is C14H26ClN. The third-order valence-electron chi connectivity index (χ3n) is 3.49. The highest BCUT2D eigenvalue weighted by atomic mass is 35.5. The first-order valence-corrected chi connectivity index (χ1v) is 6.54. The van der Waals surface area contributed by atoms with E-state index < -0.39 is 0 Å². The van der Waals surface area contributed by atoms with Crippen molar-refractivity contribution < 1.29 is 16.9 Å². The van der Waals surface area contributed by atoms with E-state index in [2.05, 4.69) is 39.1 Å². The first-order valence-electron chi connectivity index (χ1n) is 6.54. The van der Waals surface area contributed by atoms with Crippen molar-refractivity contribution in [3.8, 4) is 0 Å². The van der Waals surface area contributed by atoms with Gasteiger partial charge in [0.25, 0.3) is 0 Å². The Labute approximate surface area is 107 Å². The lowest BCUT2D eigenvalue weighted by Crippen LogP contribution is -3.00. The summed E-state index contributed by atoms with van der Waals surface area (Å²) < 4.78 is 1.13. The smallest absolute Gasteiger partial charge is 0.114 e. The Bertz CT molecular complexity index is 245. The van der Waals surface area contributed by atoms with E-state index in [0.29, 0.717) is 0 Å². The number of nitrogens with zero attached hydrogens (tertiary/aromatic N) is 1. The lowest BCUT2D eigenvalue weighted by molar-refractivity contribution is -0.839. The number of unbranched alkanes of at least 4 members (excludes halogenated alkanes) is 2. The largest absolute Gasteiger partial charge is 1.00 e. The second kappa shape index (κ2) is 7.92. The summed E-state index contributed by atoms with van der Waals surface area (Å²) in [6.45, 7) is 9.37. The van der Waals surface area contributed by atoms with Gasteiger partial charge in [0, 0.05) is 12.5 Å². The predicted octanol–water partition coefficient (Wildman–Crippen LogP) is 1.23. The van der Waals surface area contributed by atoms with Gasteiger partial charge in [0.1, 0.15) is 11.9 Å². The molecule has 1 nitrogen and oxygen atoms in total. The summed E-state index contributed by atoms with van der Waals surface area (Å²) in [7, 11) is 0. The average Bonchev–Trinajstić information content (AvgIpc) is 2.67. The molecule has 0 spiro atoms. The molecule has 1 atom stereocenters. The molecule has 0 saturated carbocycles. The van der Waals surface area contributed by atoms with Crippen LogP contribution in [0.25, 0.3) is 0 Å². The van der Waals surface area contributed by atoms with Crippen molar-refractivity contribution in [2.75, 3.05) is 13.1 Å². The Morgan fingerprint density at radius 1 is 1.06 bits per heavy atom. The Kier molecular flexibility index (Phi) is 7.78. The van der Waals surface area contributed by atoms with Gasteiger partial charge in [-0.05, 0) is 25.8 Å². The fraction of sp³-hybridized carbons (Fsp3) is 0.714. The van der Waals surface area contributed by atoms with Gasteiger partial charge >= 0.3 is 0 Å². The van der Waals surface area contributed by atoms with E-state index in [4.69, 9.17) is 0 Å². The number of hydrogen-bond acceptors (Lipinski definition) is 0. The molecule has 0 aliphatic carbocycles. The SMILES string of the molecule is CCCCC1=CC=C[N+]1(CC)CCCC.[Cl-]. The van der Waals surface area contributed by atoms with Crippen molar-refractivity contribution in [2.24, 2.45) is 0 Å². The molecule has 2 heteroatoms. The summed E-state index contributed by atoms with van der Waals surface area (Å²) in [6, 6.07) is 0. The predicted molar refractivity (Wildman–Crippen MR) is 67.3 cm³/mol. The van der Waals surface area contributed by atoms with Crippen LogP contribution in [-0.4, -0.2) is 17.6 Å². The Balaban J connectivity index is 0.00000225. The summed E-state index contributed by atoms with van der Waals surface area (Å²) in [5.41, 5.74) is 1.63. The molecule has 1 aliphatic rings. The van der Waals surface area contributed by atoms with E-state index in [1.165, 1.54) is 45.2 Å². The van der Waals surface area contributed by atoms with Crippen molar-refractivity contribution >= 4 is 0 Å². The molecular weight excluding hydrogens is 218 g/mol. The standard InChI is InChI=1S/C14H26N.ClH/c1-4-7-10-14-11-9-13-15(14,6-3)12-8-5-2;/h9,11,13H,4-8,10,12H2,1-3H3;1H/q+1;/p-1. The molecule has 0 saturated heterocycles. The number of hydrogen-bond donors (Lipinski definition) is 0. The van der Waals surface area contributed by atoms with E-state index in [1.807, 2.05) is 0 Å². The topological polar surface area (TPSA) is 0 Å². The molecule has 0 radical (unpaired) electrons. The minimum absolute atomic E-state index is 0. The van der Waals surface area contributed by atoms with Gasteiger partial charge in [0.15, 0.2) is 0 Å². The quantitative estimate of drug-likeness (QED) is 0.590. The maximum atomic E-state index is 2.39. The zero-order valence-corrected chi connectivity index (χ0v) is 11.8. The summed E-state index contributed by atoms with van der Waals surface area (Å²) in [5, 5.41) is 0. The molecule has 1 rings (SSSR count). The molecule has 16 heavy (non-hydrogen) atoms. The minimum atomic E-state index is 0. The van der Waals surface area contributed by atoms with Crippen LogP contribution < -0.4 is 12.4 Å². The Hall–Kier alpha value is -0.270. The van der Waals surface area contributed by atoms with E-state index in [1.54, 1.807) is 5.70 Å². The van der Waals surface area contributed by atoms with Crippen molar-refractivity contribution in [2.45, 2.75) is 52.9 Å². The highest BCUT2D eigenvalue weighted by molar-refractivity contribution is 5.13. The lowest BCUT2D eigenvalue weighted by atomic mass is 10.1. The fourth-order valence-corrected chi connectivity index (χ4v) is 2.35. The molecule has 0 amide bonds. The third kappa shape index (κ3) is 3.64. The van der Waals surface area contributed by atoms with Crippen LogP contribution in [0.3, 0.4) is 0 Å². The van der Waals surface area contributed by atoms with Gasteiger partial charge in [-0.15, -0.1) is 0 Å². The molecule has 0 bridgehead atoms. The fourth-order valence-electron chi connectivity index (χ4n) is 2.35. The van der Waals surface area contributed by atoms with E-state index in [9.17, 15) is 0 Å². The number of halogens is 1. The van der Waals surface area contributed by atoms with Crippen LogP contribution in [0.1, 0.15) is 52.9 Å². The molecule has 0 N–H and O–H groups in total. The maximum Gasteiger partial charge on any atom is 0.114 e. The van der Waals surface area contributed by atoms with Crippen LogP contribution in [0.2, 0.25) is 0 Å². The highest BCUT2D eigenvalue weighted by Crippen LogP contribution is 2.29. The minimum Gasteiger partial charge on any atom is -1.00 e. The van der Waals surface area contributed by atoms with Crippen LogP contribution in [-0.2, 0) is 0 Å². The zero-order valence-electron chi connectivity index (χ0n) is 11.0. The summed E-state index contributed by atoms with van der Waals surface area (Å²) in [5.74, 6) is 0. The third-order valence-corrected chi connectivity index (χ3v) is 3.49. The number of rotatable bonds is 7. The monoisotopic (exact) mass is 243 g/mol. The summed E-state index contributed by atoms with van der Waals surface area (Å²) >= 11 is 0. The zero-order chi connectivity index (χ0) is 11.1. The molecule has 0 fully saturated rings. The van der Waals surface area contributed by atoms with E-state index in [0.717, 1.165) is 4.48 Å². The van der Waals surface area contributed by atoms with Gasteiger partial charge in [-0.1, -0.05) is 26.7 Å². The van der Waals surface area contributed by atoms with E-state index >= 15 is 0 Å². The second-order valence-corrected chi connectivity index (χ2v) is 4.53. The van der Waals surface area contributed by atoms with Gasteiger partial charge in [-0.3, -0.25) is 4.48 Å². The van der Waals surface area contributed by atoms with Crippen molar-refractivity contribution in [3.05, 3.63) is 24.0 Å². The van der Waals surface area contributed by atoms with E-state index in [-0.39, 0.29) is 12.4 Å².